The van der Waals surface area contributed by atoms with Crippen LogP contribution in [-0.2, 0) is 4.79 Å². The van der Waals surface area contributed by atoms with Crippen LogP contribution in [0.4, 0.5) is 0 Å². The van der Waals surface area contributed by atoms with Crippen molar-refractivity contribution in [1.82, 2.24) is 15.5 Å². The predicted molar refractivity (Wildman–Crippen MR) is 99.9 cm³/mol. The fourth-order valence-corrected chi connectivity index (χ4v) is 3.04. The normalized spacial score (nSPS) is 19.0. The molecule has 0 radical (unpaired) electrons. The fraction of sp³-hybridized carbons (Fsp3) is 0.200. The van der Waals surface area contributed by atoms with Gasteiger partial charge < -0.3 is 10.2 Å². The number of rotatable bonds is 2. The first-order valence-electron chi connectivity index (χ1n) is 8.52. The first-order valence-corrected chi connectivity index (χ1v) is 8.52. The van der Waals surface area contributed by atoms with Gasteiger partial charge in [0.15, 0.2) is 0 Å². The highest BCUT2D eigenvalue weighted by Crippen LogP contribution is 2.21. The van der Waals surface area contributed by atoms with E-state index in [1.165, 1.54) is 5.56 Å². The Morgan fingerprint density at radius 3 is 2.32 bits per heavy atom. The Labute approximate surface area is 147 Å². The average molecular weight is 332 g/mol. The first-order chi connectivity index (χ1) is 12.3. The number of carbonyl (C=O) groups is 1. The summed E-state index contributed by atoms with van der Waals surface area (Å²) < 4.78 is 0. The van der Waals surface area contributed by atoms with Gasteiger partial charge in [-0.05, 0) is 22.8 Å². The molecule has 5 nitrogen and oxygen atoms in total. The van der Waals surface area contributed by atoms with E-state index in [1.807, 2.05) is 36.4 Å². The van der Waals surface area contributed by atoms with Crippen molar-refractivity contribution in [3.63, 3.8) is 0 Å². The van der Waals surface area contributed by atoms with E-state index in [9.17, 15) is 4.79 Å². The van der Waals surface area contributed by atoms with Crippen molar-refractivity contribution in [2.24, 2.45) is 4.99 Å². The van der Waals surface area contributed by atoms with Crippen LogP contribution < -0.4 is 10.6 Å². The quantitative estimate of drug-likeness (QED) is 0.828. The maximum Gasteiger partial charge on any atom is 0.276 e. The van der Waals surface area contributed by atoms with Crippen molar-refractivity contribution in [2.45, 2.75) is 0 Å². The molecule has 2 aromatic rings. The second-order valence-corrected chi connectivity index (χ2v) is 6.14. The average Bonchev–Trinajstić information content (AvgIpc) is 3.04. The molecule has 0 spiro atoms. The van der Waals surface area contributed by atoms with E-state index in [2.05, 4.69) is 44.8 Å². The van der Waals surface area contributed by atoms with Crippen LogP contribution >= 0.6 is 0 Å². The van der Waals surface area contributed by atoms with E-state index >= 15 is 0 Å². The molecule has 2 aliphatic heterocycles. The molecule has 25 heavy (non-hydrogen) atoms. The monoisotopic (exact) mass is 332 g/mol. The third-order valence-electron chi connectivity index (χ3n) is 4.42. The zero-order valence-electron chi connectivity index (χ0n) is 13.9. The molecule has 5 heteroatoms. The third-order valence-corrected chi connectivity index (χ3v) is 4.42. The molecule has 1 amide bonds. The Hall–Kier alpha value is -2.92. The Morgan fingerprint density at radius 2 is 1.60 bits per heavy atom. The second-order valence-electron chi connectivity index (χ2n) is 6.14. The SMILES string of the molecule is O=C1NC(N2CCNCC2)=NC1=Cc1ccc(-c2ccccc2)cc1. The number of aliphatic imine (C=N–C) groups is 1. The number of benzene rings is 2. The highest BCUT2D eigenvalue weighted by molar-refractivity contribution is 6.13. The number of amides is 1. The van der Waals surface area contributed by atoms with Crippen molar-refractivity contribution in [3.8, 4) is 11.1 Å². The van der Waals surface area contributed by atoms with E-state index < -0.39 is 0 Å². The molecule has 0 atom stereocenters. The van der Waals surface area contributed by atoms with Gasteiger partial charge in [0.05, 0.1) is 0 Å². The molecular formula is C20H20N4O. The minimum Gasteiger partial charge on any atom is -0.340 e. The van der Waals surface area contributed by atoms with Gasteiger partial charge in [-0.1, -0.05) is 54.6 Å². The Kier molecular flexibility index (Phi) is 4.31. The number of nitrogens with one attached hydrogen (secondary N) is 2. The number of hydrogen-bond donors (Lipinski definition) is 2. The highest BCUT2D eigenvalue weighted by atomic mass is 16.2. The lowest BCUT2D eigenvalue weighted by molar-refractivity contribution is -0.115. The summed E-state index contributed by atoms with van der Waals surface area (Å²) in [5.41, 5.74) is 3.76. The van der Waals surface area contributed by atoms with Gasteiger partial charge in [-0.3, -0.25) is 10.1 Å². The molecular weight excluding hydrogens is 312 g/mol. The number of piperazine rings is 1. The summed E-state index contributed by atoms with van der Waals surface area (Å²) >= 11 is 0. The summed E-state index contributed by atoms with van der Waals surface area (Å²) in [5.74, 6) is 0.527. The van der Waals surface area contributed by atoms with E-state index in [0.717, 1.165) is 37.3 Å². The molecule has 2 aromatic carbocycles. The van der Waals surface area contributed by atoms with Gasteiger partial charge in [0, 0.05) is 26.2 Å². The molecule has 2 heterocycles. The lowest BCUT2D eigenvalue weighted by Gasteiger charge is -2.28. The smallest absolute Gasteiger partial charge is 0.276 e. The van der Waals surface area contributed by atoms with E-state index in [0.29, 0.717) is 11.7 Å². The van der Waals surface area contributed by atoms with E-state index in [4.69, 9.17) is 0 Å². The lowest BCUT2D eigenvalue weighted by Crippen LogP contribution is -2.50. The summed E-state index contributed by atoms with van der Waals surface area (Å²) in [6.45, 7) is 3.54. The highest BCUT2D eigenvalue weighted by Gasteiger charge is 2.25. The number of guanidine groups is 1. The first kappa shape index (κ1) is 15.6. The lowest BCUT2D eigenvalue weighted by atomic mass is 10.0. The molecule has 0 unspecified atom stereocenters. The summed E-state index contributed by atoms with van der Waals surface area (Å²) in [6, 6.07) is 18.4. The Morgan fingerprint density at radius 1 is 0.920 bits per heavy atom. The molecule has 0 saturated carbocycles. The minimum atomic E-state index is -0.138. The van der Waals surface area contributed by atoms with Crippen molar-refractivity contribution in [1.29, 1.82) is 0 Å². The zero-order valence-corrected chi connectivity index (χ0v) is 13.9. The van der Waals surface area contributed by atoms with Crippen LogP contribution in [0.2, 0.25) is 0 Å². The molecule has 1 fully saturated rings. The maximum atomic E-state index is 12.2. The Bertz CT molecular complexity index is 819. The summed E-state index contributed by atoms with van der Waals surface area (Å²) in [7, 11) is 0. The number of carbonyl (C=O) groups excluding carboxylic acids is 1. The van der Waals surface area contributed by atoms with Crippen molar-refractivity contribution < 1.29 is 4.79 Å². The maximum absolute atomic E-state index is 12.2. The summed E-state index contributed by atoms with van der Waals surface area (Å²) in [4.78, 5) is 18.8. The van der Waals surface area contributed by atoms with Crippen LogP contribution in [0.5, 0.6) is 0 Å². The largest absolute Gasteiger partial charge is 0.340 e. The van der Waals surface area contributed by atoms with Gasteiger partial charge >= 0.3 is 0 Å². The van der Waals surface area contributed by atoms with E-state index in [-0.39, 0.29) is 5.91 Å². The van der Waals surface area contributed by atoms with Crippen LogP contribution in [0.15, 0.2) is 65.3 Å². The predicted octanol–water partition coefficient (Wildman–Crippen LogP) is 2.09. The standard InChI is InChI=1S/C20H20N4O/c25-19-18(22-20(23-19)24-12-10-21-11-13-24)14-15-6-8-17(9-7-15)16-4-2-1-3-5-16/h1-9,14,21H,10-13H2,(H,22,23,25). The summed E-state index contributed by atoms with van der Waals surface area (Å²) in [5, 5.41) is 6.17. The van der Waals surface area contributed by atoms with Crippen LogP contribution in [0.1, 0.15) is 5.56 Å². The number of nitrogens with zero attached hydrogens (tertiary/aromatic N) is 2. The molecule has 4 rings (SSSR count). The molecule has 0 aromatic heterocycles. The van der Waals surface area contributed by atoms with Crippen molar-refractivity contribution >= 4 is 17.9 Å². The van der Waals surface area contributed by atoms with Gasteiger partial charge in [0.25, 0.3) is 5.91 Å². The van der Waals surface area contributed by atoms with Crippen LogP contribution in [0, 0.1) is 0 Å². The molecule has 1 saturated heterocycles. The third kappa shape index (κ3) is 3.46. The minimum absolute atomic E-state index is 0.138. The second kappa shape index (κ2) is 6.91. The Balaban J connectivity index is 1.54. The number of hydrogen-bond acceptors (Lipinski definition) is 4. The summed E-state index contributed by atoms with van der Waals surface area (Å²) in [6.07, 6.45) is 1.83. The van der Waals surface area contributed by atoms with Crippen molar-refractivity contribution in [2.75, 3.05) is 26.2 Å². The van der Waals surface area contributed by atoms with Crippen LogP contribution in [0.25, 0.3) is 17.2 Å². The van der Waals surface area contributed by atoms with Gasteiger partial charge in [-0.2, -0.15) is 0 Å². The topological polar surface area (TPSA) is 56.7 Å². The van der Waals surface area contributed by atoms with Gasteiger partial charge in [-0.15, -0.1) is 0 Å². The van der Waals surface area contributed by atoms with Gasteiger partial charge in [-0.25, -0.2) is 4.99 Å². The van der Waals surface area contributed by atoms with Gasteiger partial charge in [0.1, 0.15) is 5.70 Å². The molecule has 126 valence electrons. The molecule has 2 aliphatic rings. The van der Waals surface area contributed by atoms with Gasteiger partial charge in [0.2, 0.25) is 5.96 Å². The zero-order chi connectivity index (χ0) is 17.1. The molecule has 0 aliphatic carbocycles. The van der Waals surface area contributed by atoms with Crippen LogP contribution in [-0.4, -0.2) is 42.9 Å². The molecule has 0 bridgehead atoms. The van der Waals surface area contributed by atoms with E-state index in [1.54, 1.807) is 0 Å². The fourth-order valence-electron chi connectivity index (χ4n) is 3.04. The van der Waals surface area contributed by atoms with Crippen LogP contribution in [0.3, 0.4) is 0 Å². The molecule has 2 N–H and O–H groups in total. The van der Waals surface area contributed by atoms with Crippen molar-refractivity contribution in [3.05, 3.63) is 65.9 Å².